The van der Waals surface area contributed by atoms with Crippen molar-refractivity contribution in [2.24, 2.45) is 5.92 Å². The molecule has 1 N–H and O–H groups in total. The standard InChI is InChI=1S/C12H19N3O3/c1-9-5-3-8-15(10(9)11(16)17)12(18)14(2)7-4-6-13/h9-10H,3-5,7-8H2,1-2H3,(H,16,17). The highest BCUT2D eigenvalue weighted by Crippen LogP contribution is 2.24. The minimum atomic E-state index is -0.954. The third-order valence-corrected chi connectivity index (χ3v) is 3.32. The van der Waals surface area contributed by atoms with Gasteiger partial charge in [-0.2, -0.15) is 5.26 Å². The predicted molar refractivity (Wildman–Crippen MR) is 64.8 cm³/mol. The van der Waals surface area contributed by atoms with E-state index < -0.39 is 12.0 Å². The molecule has 0 spiro atoms. The van der Waals surface area contributed by atoms with Gasteiger partial charge in [0.1, 0.15) is 6.04 Å². The van der Waals surface area contributed by atoms with Crippen LogP contribution in [0, 0.1) is 17.2 Å². The summed E-state index contributed by atoms with van der Waals surface area (Å²) in [5, 5.41) is 17.7. The highest BCUT2D eigenvalue weighted by molar-refractivity contribution is 5.83. The topological polar surface area (TPSA) is 84.6 Å². The van der Waals surface area contributed by atoms with E-state index in [-0.39, 0.29) is 18.4 Å². The fraction of sp³-hybridized carbons (Fsp3) is 0.750. The number of carboxylic acid groups (broad SMARTS) is 1. The molecule has 0 radical (unpaired) electrons. The molecule has 1 aliphatic rings. The third kappa shape index (κ3) is 3.13. The number of aliphatic carboxylic acids is 1. The van der Waals surface area contributed by atoms with Gasteiger partial charge < -0.3 is 14.9 Å². The highest BCUT2D eigenvalue weighted by Gasteiger charge is 2.37. The van der Waals surface area contributed by atoms with Crippen LogP contribution in [0.15, 0.2) is 0 Å². The van der Waals surface area contributed by atoms with Gasteiger partial charge in [0.2, 0.25) is 0 Å². The smallest absolute Gasteiger partial charge is 0.326 e. The Hall–Kier alpha value is -1.77. The van der Waals surface area contributed by atoms with Gasteiger partial charge in [0.05, 0.1) is 12.5 Å². The maximum absolute atomic E-state index is 12.1. The van der Waals surface area contributed by atoms with E-state index in [0.29, 0.717) is 13.1 Å². The summed E-state index contributed by atoms with van der Waals surface area (Å²) >= 11 is 0. The van der Waals surface area contributed by atoms with Crippen LogP contribution in [0.3, 0.4) is 0 Å². The molecule has 6 nitrogen and oxygen atoms in total. The normalized spacial score (nSPS) is 23.3. The van der Waals surface area contributed by atoms with Crippen LogP contribution < -0.4 is 0 Å². The zero-order chi connectivity index (χ0) is 13.7. The van der Waals surface area contributed by atoms with Crippen LogP contribution in [0.25, 0.3) is 0 Å². The van der Waals surface area contributed by atoms with E-state index in [0.717, 1.165) is 12.8 Å². The molecule has 0 saturated carbocycles. The van der Waals surface area contributed by atoms with Gasteiger partial charge in [-0.15, -0.1) is 0 Å². The second kappa shape index (κ2) is 6.24. The molecule has 0 bridgehead atoms. The van der Waals surface area contributed by atoms with E-state index in [4.69, 9.17) is 5.26 Å². The molecule has 0 aromatic heterocycles. The van der Waals surface area contributed by atoms with Crippen LogP contribution in [0.1, 0.15) is 26.2 Å². The van der Waals surface area contributed by atoms with Crippen molar-refractivity contribution in [1.82, 2.24) is 9.80 Å². The van der Waals surface area contributed by atoms with Gasteiger partial charge in [0, 0.05) is 20.1 Å². The van der Waals surface area contributed by atoms with Crippen molar-refractivity contribution < 1.29 is 14.7 Å². The van der Waals surface area contributed by atoms with Gasteiger partial charge >= 0.3 is 12.0 Å². The number of piperidine rings is 1. The van der Waals surface area contributed by atoms with Gasteiger partial charge in [-0.25, -0.2) is 9.59 Å². The summed E-state index contributed by atoms with van der Waals surface area (Å²) < 4.78 is 0. The quantitative estimate of drug-likeness (QED) is 0.817. The number of carbonyl (C=O) groups excluding carboxylic acids is 1. The third-order valence-electron chi connectivity index (χ3n) is 3.32. The molecule has 2 atom stereocenters. The Morgan fingerprint density at radius 2 is 2.22 bits per heavy atom. The van der Waals surface area contributed by atoms with E-state index in [9.17, 15) is 14.7 Å². The van der Waals surface area contributed by atoms with Crippen LogP contribution in [0.2, 0.25) is 0 Å². The Morgan fingerprint density at radius 3 is 2.78 bits per heavy atom. The molecule has 18 heavy (non-hydrogen) atoms. The van der Waals surface area contributed by atoms with Crippen molar-refractivity contribution >= 4 is 12.0 Å². The Bertz CT molecular complexity index is 364. The number of nitriles is 1. The van der Waals surface area contributed by atoms with Crippen LogP contribution in [0.4, 0.5) is 4.79 Å². The first-order valence-corrected chi connectivity index (χ1v) is 6.10. The summed E-state index contributed by atoms with van der Waals surface area (Å²) in [5.41, 5.74) is 0. The first-order chi connectivity index (χ1) is 8.49. The Morgan fingerprint density at radius 1 is 1.56 bits per heavy atom. The number of hydrogen-bond donors (Lipinski definition) is 1. The molecule has 0 aromatic carbocycles. The van der Waals surface area contributed by atoms with Crippen molar-refractivity contribution in [2.45, 2.75) is 32.2 Å². The first-order valence-electron chi connectivity index (χ1n) is 6.10. The lowest BCUT2D eigenvalue weighted by Crippen LogP contribution is -2.55. The second-order valence-electron chi connectivity index (χ2n) is 4.71. The zero-order valence-electron chi connectivity index (χ0n) is 10.8. The molecule has 6 heteroatoms. The number of rotatable bonds is 3. The number of amides is 2. The maximum Gasteiger partial charge on any atom is 0.326 e. The number of likely N-dealkylation sites (tertiary alicyclic amines) is 1. The summed E-state index contributed by atoms with van der Waals surface area (Å²) in [6.07, 6.45) is 1.90. The molecule has 0 aliphatic carbocycles. The number of urea groups is 1. The Kier molecular flexibility index (Phi) is 4.95. The lowest BCUT2D eigenvalue weighted by Gasteiger charge is -2.39. The highest BCUT2D eigenvalue weighted by atomic mass is 16.4. The predicted octanol–water partition coefficient (Wildman–Crippen LogP) is 1.14. The van der Waals surface area contributed by atoms with Crippen LogP contribution in [0.5, 0.6) is 0 Å². The molecule has 2 unspecified atom stereocenters. The van der Waals surface area contributed by atoms with Crippen molar-refractivity contribution in [3.05, 3.63) is 0 Å². The van der Waals surface area contributed by atoms with Gasteiger partial charge in [0.25, 0.3) is 0 Å². The number of nitrogens with zero attached hydrogens (tertiary/aromatic N) is 3. The zero-order valence-corrected chi connectivity index (χ0v) is 10.8. The SMILES string of the molecule is CC1CCCN(C(=O)N(C)CCC#N)C1C(=O)O. The summed E-state index contributed by atoms with van der Waals surface area (Å²) in [6, 6.07) is 0.915. The van der Waals surface area contributed by atoms with E-state index in [1.807, 2.05) is 13.0 Å². The van der Waals surface area contributed by atoms with Gasteiger partial charge in [0.15, 0.2) is 0 Å². The van der Waals surface area contributed by atoms with Gasteiger partial charge in [-0.1, -0.05) is 6.92 Å². The van der Waals surface area contributed by atoms with Crippen molar-refractivity contribution in [2.75, 3.05) is 20.1 Å². The van der Waals surface area contributed by atoms with Crippen LogP contribution in [-0.2, 0) is 4.79 Å². The molecule has 1 rings (SSSR count). The van der Waals surface area contributed by atoms with E-state index >= 15 is 0 Å². The number of hydrogen-bond acceptors (Lipinski definition) is 3. The van der Waals surface area contributed by atoms with Crippen molar-refractivity contribution in [3.8, 4) is 6.07 Å². The van der Waals surface area contributed by atoms with Crippen LogP contribution in [-0.4, -0.2) is 53.1 Å². The summed E-state index contributed by atoms with van der Waals surface area (Å²) in [5.74, 6) is -0.992. The van der Waals surface area contributed by atoms with Crippen molar-refractivity contribution in [1.29, 1.82) is 5.26 Å². The average molecular weight is 253 g/mol. The second-order valence-corrected chi connectivity index (χ2v) is 4.71. The molecule has 1 heterocycles. The Labute approximate surface area is 107 Å². The summed E-state index contributed by atoms with van der Waals surface area (Å²) in [4.78, 5) is 26.2. The average Bonchev–Trinajstić information content (AvgIpc) is 2.34. The summed E-state index contributed by atoms with van der Waals surface area (Å²) in [7, 11) is 1.60. The van der Waals surface area contributed by atoms with Gasteiger partial charge in [-0.3, -0.25) is 0 Å². The molecule has 2 amide bonds. The Balaban J connectivity index is 2.75. The number of carbonyl (C=O) groups is 2. The minimum absolute atomic E-state index is 0.0374. The monoisotopic (exact) mass is 253 g/mol. The molecular weight excluding hydrogens is 234 g/mol. The van der Waals surface area contributed by atoms with E-state index in [2.05, 4.69) is 0 Å². The van der Waals surface area contributed by atoms with Crippen molar-refractivity contribution in [3.63, 3.8) is 0 Å². The van der Waals surface area contributed by atoms with E-state index in [1.54, 1.807) is 7.05 Å². The van der Waals surface area contributed by atoms with Gasteiger partial charge in [-0.05, 0) is 18.8 Å². The lowest BCUT2D eigenvalue weighted by molar-refractivity contribution is -0.145. The largest absolute Gasteiger partial charge is 0.480 e. The maximum atomic E-state index is 12.1. The fourth-order valence-corrected chi connectivity index (χ4v) is 2.31. The molecule has 1 aliphatic heterocycles. The molecular formula is C12H19N3O3. The number of carboxylic acids is 1. The van der Waals surface area contributed by atoms with Crippen LogP contribution >= 0.6 is 0 Å². The first kappa shape index (κ1) is 14.3. The molecule has 1 saturated heterocycles. The van der Waals surface area contributed by atoms with E-state index in [1.165, 1.54) is 9.80 Å². The minimum Gasteiger partial charge on any atom is -0.480 e. The fourth-order valence-electron chi connectivity index (χ4n) is 2.31. The molecule has 1 fully saturated rings. The lowest BCUT2D eigenvalue weighted by atomic mass is 9.91. The summed E-state index contributed by atoms with van der Waals surface area (Å²) in [6.45, 7) is 2.65. The molecule has 100 valence electrons. The molecule has 0 aromatic rings.